The van der Waals surface area contributed by atoms with Gasteiger partial charge in [-0.3, -0.25) is 4.99 Å². The number of hydrogen-bond donors (Lipinski definition) is 2. The molecule has 1 aromatic rings. The van der Waals surface area contributed by atoms with Crippen LogP contribution in [0.1, 0.15) is 25.3 Å². The van der Waals surface area contributed by atoms with Crippen LogP contribution in [0.5, 0.6) is 5.75 Å². The van der Waals surface area contributed by atoms with Gasteiger partial charge in [0.25, 0.3) is 0 Å². The summed E-state index contributed by atoms with van der Waals surface area (Å²) in [5.41, 5.74) is 0.935. The van der Waals surface area contributed by atoms with E-state index in [1.807, 2.05) is 6.92 Å². The molecule has 0 heterocycles. The fourth-order valence-corrected chi connectivity index (χ4v) is 2.05. The smallest absolute Gasteiger partial charge is 0.406 e. The molecule has 1 aliphatic rings. The van der Waals surface area contributed by atoms with Crippen molar-refractivity contribution in [3.05, 3.63) is 29.8 Å². The molecule has 2 rings (SSSR count). The minimum atomic E-state index is -4.65. The summed E-state index contributed by atoms with van der Waals surface area (Å²) in [6, 6.07) is 5.93. The summed E-state index contributed by atoms with van der Waals surface area (Å²) in [6.07, 6.45) is -1.44. The van der Waals surface area contributed by atoms with Gasteiger partial charge in [0.05, 0.1) is 0 Å². The number of alkyl halides is 3. The van der Waals surface area contributed by atoms with Crippen molar-refractivity contribution in [1.82, 2.24) is 10.6 Å². The highest BCUT2D eigenvalue weighted by molar-refractivity contribution is 5.79. The third-order valence-electron chi connectivity index (χ3n) is 3.41. The van der Waals surface area contributed by atoms with Gasteiger partial charge in [-0.1, -0.05) is 12.1 Å². The van der Waals surface area contributed by atoms with Gasteiger partial charge in [0.2, 0.25) is 0 Å². The fraction of sp³-hybridized carbons (Fsp3) is 0.562. The van der Waals surface area contributed by atoms with Crippen LogP contribution in [0.15, 0.2) is 29.3 Å². The van der Waals surface area contributed by atoms with Gasteiger partial charge < -0.3 is 15.4 Å². The molecule has 4 nitrogen and oxygen atoms in total. The molecule has 0 aliphatic heterocycles. The molecule has 2 N–H and O–H groups in total. The molecular weight excluding hydrogens is 307 g/mol. The van der Waals surface area contributed by atoms with Crippen molar-refractivity contribution in [2.24, 2.45) is 10.9 Å². The van der Waals surface area contributed by atoms with Crippen LogP contribution in [0.4, 0.5) is 13.2 Å². The van der Waals surface area contributed by atoms with E-state index in [4.69, 9.17) is 0 Å². The topological polar surface area (TPSA) is 45.7 Å². The number of nitrogens with one attached hydrogen (secondary N) is 2. The van der Waals surface area contributed by atoms with Crippen LogP contribution in [0.25, 0.3) is 0 Å². The number of aliphatic imine (C=N–C) groups is 1. The summed E-state index contributed by atoms with van der Waals surface area (Å²) in [4.78, 5) is 4.51. The van der Waals surface area contributed by atoms with Crippen molar-refractivity contribution < 1.29 is 17.9 Å². The van der Waals surface area contributed by atoms with Crippen LogP contribution in [0.2, 0.25) is 0 Å². The molecule has 1 aromatic carbocycles. The number of halogens is 3. The maximum absolute atomic E-state index is 12.1. The first-order valence-electron chi connectivity index (χ1n) is 7.83. The number of guanidine groups is 1. The van der Waals surface area contributed by atoms with Gasteiger partial charge in [-0.25, -0.2) is 0 Å². The Labute approximate surface area is 134 Å². The monoisotopic (exact) mass is 329 g/mol. The average molecular weight is 329 g/mol. The summed E-state index contributed by atoms with van der Waals surface area (Å²) in [5.74, 6) is 1.32. The molecule has 0 unspecified atom stereocenters. The summed E-state index contributed by atoms with van der Waals surface area (Å²) in [6.45, 7) is 4.31. The SMILES string of the molecule is CCNC(=NCC1CC1)NCCc1ccc(OC(F)(F)F)cc1. The van der Waals surface area contributed by atoms with Gasteiger partial charge in [0.15, 0.2) is 5.96 Å². The van der Waals surface area contributed by atoms with Crippen molar-refractivity contribution in [3.8, 4) is 5.75 Å². The summed E-state index contributed by atoms with van der Waals surface area (Å²) in [7, 11) is 0. The first-order chi connectivity index (χ1) is 11.0. The molecular formula is C16H22F3N3O. The number of hydrogen-bond acceptors (Lipinski definition) is 2. The van der Waals surface area contributed by atoms with E-state index >= 15 is 0 Å². The number of nitrogens with zero attached hydrogens (tertiary/aromatic N) is 1. The van der Waals surface area contributed by atoms with E-state index in [-0.39, 0.29) is 5.75 Å². The molecule has 1 aliphatic carbocycles. The second-order valence-electron chi connectivity index (χ2n) is 5.53. The first kappa shape index (κ1) is 17.4. The van der Waals surface area contributed by atoms with Gasteiger partial charge in [-0.05, 0) is 49.8 Å². The summed E-state index contributed by atoms with van der Waals surface area (Å²) >= 11 is 0. The molecule has 0 saturated heterocycles. The molecule has 0 spiro atoms. The zero-order valence-electron chi connectivity index (χ0n) is 13.1. The molecule has 23 heavy (non-hydrogen) atoms. The Morgan fingerprint density at radius 3 is 2.48 bits per heavy atom. The maximum atomic E-state index is 12.1. The number of rotatable bonds is 7. The van der Waals surface area contributed by atoms with E-state index in [2.05, 4.69) is 20.4 Å². The molecule has 0 amide bonds. The van der Waals surface area contributed by atoms with Crippen molar-refractivity contribution in [2.45, 2.75) is 32.5 Å². The zero-order chi connectivity index (χ0) is 16.7. The van der Waals surface area contributed by atoms with Crippen LogP contribution in [-0.2, 0) is 6.42 Å². The van der Waals surface area contributed by atoms with E-state index in [0.717, 1.165) is 30.5 Å². The second-order valence-corrected chi connectivity index (χ2v) is 5.53. The zero-order valence-corrected chi connectivity index (χ0v) is 13.1. The van der Waals surface area contributed by atoms with Crippen LogP contribution in [-0.4, -0.2) is 32.0 Å². The minimum Gasteiger partial charge on any atom is -0.406 e. The Kier molecular flexibility index (Phi) is 6.12. The predicted octanol–water partition coefficient (Wildman–Crippen LogP) is 3.09. The van der Waals surface area contributed by atoms with Crippen molar-refractivity contribution in [3.63, 3.8) is 0 Å². The average Bonchev–Trinajstić information content (AvgIpc) is 3.29. The highest BCUT2D eigenvalue weighted by Crippen LogP contribution is 2.28. The van der Waals surface area contributed by atoms with E-state index in [9.17, 15) is 13.2 Å². The summed E-state index contributed by atoms with van der Waals surface area (Å²) < 4.78 is 40.1. The molecule has 0 bridgehead atoms. The lowest BCUT2D eigenvalue weighted by Crippen LogP contribution is -2.38. The minimum absolute atomic E-state index is 0.200. The molecule has 1 fully saturated rings. The number of benzene rings is 1. The maximum Gasteiger partial charge on any atom is 0.573 e. The van der Waals surface area contributed by atoms with Crippen molar-refractivity contribution >= 4 is 5.96 Å². The molecule has 7 heteroatoms. The van der Waals surface area contributed by atoms with Crippen LogP contribution >= 0.6 is 0 Å². The van der Waals surface area contributed by atoms with Crippen molar-refractivity contribution in [1.29, 1.82) is 0 Å². The quantitative estimate of drug-likeness (QED) is 0.597. The van der Waals surface area contributed by atoms with Gasteiger partial charge in [0.1, 0.15) is 5.75 Å². The lowest BCUT2D eigenvalue weighted by Gasteiger charge is -2.12. The predicted molar refractivity (Wildman–Crippen MR) is 83.5 cm³/mol. The molecule has 0 radical (unpaired) electrons. The van der Waals surface area contributed by atoms with Crippen molar-refractivity contribution in [2.75, 3.05) is 19.6 Å². The Bertz CT molecular complexity index is 510. The van der Waals surface area contributed by atoms with Gasteiger partial charge in [0, 0.05) is 19.6 Å². The van der Waals surface area contributed by atoms with Crippen LogP contribution < -0.4 is 15.4 Å². The highest BCUT2D eigenvalue weighted by atomic mass is 19.4. The third kappa shape index (κ3) is 7.25. The standard InChI is InChI=1S/C16H22F3N3O/c1-2-20-15(22-11-13-3-4-13)21-10-9-12-5-7-14(8-6-12)23-16(17,18)19/h5-8,13H,2-4,9-11H2,1H3,(H2,20,21,22). The summed E-state index contributed by atoms with van der Waals surface area (Å²) in [5, 5.41) is 6.41. The van der Waals surface area contributed by atoms with E-state index in [1.165, 1.54) is 25.0 Å². The largest absolute Gasteiger partial charge is 0.573 e. The lowest BCUT2D eigenvalue weighted by molar-refractivity contribution is -0.274. The van der Waals surface area contributed by atoms with E-state index in [0.29, 0.717) is 13.0 Å². The fourth-order valence-electron chi connectivity index (χ4n) is 2.05. The number of ether oxygens (including phenoxy) is 1. The third-order valence-corrected chi connectivity index (χ3v) is 3.41. The Balaban J connectivity index is 1.76. The Morgan fingerprint density at radius 1 is 1.22 bits per heavy atom. The van der Waals surface area contributed by atoms with Crippen LogP contribution in [0.3, 0.4) is 0 Å². The van der Waals surface area contributed by atoms with E-state index in [1.54, 1.807) is 12.1 Å². The first-order valence-corrected chi connectivity index (χ1v) is 7.83. The Hall–Kier alpha value is -1.92. The molecule has 128 valence electrons. The molecule has 1 saturated carbocycles. The second kappa shape index (κ2) is 8.08. The van der Waals surface area contributed by atoms with E-state index < -0.39 is 6.36 Å². The lowest BCUT2D eigenvalue weighted by atomic mass is 10.1. The Morgan fingerprint density at radius 2 is 1.91 bits per heavy atom. The molecule has 0 aromatic heterocycles. The highest BCUT2D eigenvalue weighted by Gasteiger charge is 2.30. The van der Waals surface area contributed by atoms with Gasteiger partial charge >= 0.3 is 6.36 Å². The molecule has 0 atom stereocenters. The van der Waals surface area contributed by atoms with Gasteiger partial charge in [-0.15, -0.1) is 13.2 Å². The van der Waals surface area contributed by atoms with Crippen LogP contribution in [0, 0.1) is 5.92 Å². The van der Waals surface area contributed by atoms with Gasteiger partial charge in [-0.2, -0.15) is 0 Å². The normalized spacial score (nSPS) is 15.4.